The Kier molecular flexibility index (Phi) is 6.23. The van der Waals surface area contributed by atoms with Gasteiger partial charge in [0.1, 0.15) is 6.61 Å². The van der Waals surface area contributed by atoms with Crippen LogP contribution in [0.1, 0.15) is 29.9 Å². The normalized spacial score (nSPS) is 21.6. The monoisotopic (exact) mass is 412 g/mol. The zero-order valence-electron chi connectivity index (χ0n) is 17.0. The van der Waals surface area contributed by atoms with Gasteiger partial charge in [-0.3, -0.25) is 9.69 Å². The summed E-state index contributed by atoms with van der Waals surface area (Å²) in [6, 6.07) is 19.1. The van der Waals surface area contributed by atoms with E-state index in [1.807, 2.05) is 17.0 Å². The molecule has 2 aliphatic heterocycles. The summed E-state index contributed by atoms with van der Waals surface area (Å²) in [6.07, 6.45) is 2.08. The lowest BCUT2D eigenvalue weighted by Gasteiger charge is -2.43. The number of carbonyl (C=O) groups is 1. The molecular weight excluding hydrogens is 384 g/mol. The number of carbonyl (C=O) groups excluding carboxylic acids is 1. The molecule has 0 aromatic heterocycles. The molecule has 2 fully saturated rings. The van der Waals surface area contributed by atoms with E-state index in [1.165, 1.54) is 11.1 Å². The van der Waals surface area contributed by atoms with Crippen LogP contribution in [0.15, 0.2) is 54.6 Å². The van der Waals surface area contributed by atoms with Crippen LogP contribution in [-0.2, 0) is 16.1 Å². The number of halogens is 1. The van der Waals surface area contributed by atoms with E-state index >= 15 is 0 Å². The van der Waals surface area contributed by atoms with Gasteiger partial charge in [0, 0.05) is 50.8 Å². The molecule has 2 aromatic rings. The first-order valence-corrected chi connectivity index (χ1v) is 10.8. The molecule has 1 spiro atoms. The van der Waals surface area contributed by atoms with E-state index in [1.54, 1.807) is 7.11 Å². The van der Waals surface area contributed by atoms with Crippen LogP contribution in [0, 0.1) is 5.41 Å². The highest BCUT2D eigenvalue weighted by atomic mass is 35.5. The van der Waals surface area contributed by atoms with Crippen molar-refractivity contribution in [1.29, 1.82) is 0 Å². The molecule has 0 aliphatic carbocycles. The first-order chi connectivity index (χ1) is 14.1. The number of benzene rings is 2. The summed E-state index contributed by atoms with van der Waals surface area (Å²) >= 11 is 6.06. The highest BCUT2D eigenvalue weighted by molar-refractivity contribution is 6.30. The summed E-state index contributed by atoms with van der Waals surface area (Å²) in [5, 5.41) is 0.780. The number of rotatable bonds is 5. The molecule has 0 radical (unpaired) electrons. The minimum atomic E-state index is 0.106. The van der Waals surface area contributed by atoms with Gasteiger partial charge in [-0.2, -0.15) is 0 Å². The molecular formula is C24H29ClN2O2. The molecule has 5 heteroatoms. The number of likely N-dealkylation sites (tertiary alicyclic amines) is 2. The van der Waals surface area contributed by atoms with Crippen molar-refractivity contribution < 1.29 is 9.53 Å². The second kappa shape index (κ2) is 8.86. The Labute approximate surface area is 178 Å². The maximum atomic E-state index is 12.3. The fourth-order valence-electron chi connectivity index (χ4n) is 5.11. The average molecular weight is 413 g/mol. The predicted octanol–water partition coefficient (Wildman–Crippen LogP) is 4.19. The second-order valence-electron chi connectivity index (χ2n) is 8.44. The molecule has 1 amide bonds. The van der Waals surface area contributed by atoms with Gasteiger partial charge in [-0.15, -0.1) is 0 Å². The van der Waals surface area contributed by atoms with Crippen molar-refractivity contribution in [2.24, 2.45) is 5.41 Å². The van der Waals surface area contributed by atoms with Gasteiger partial charge in [0.25, 0.3) is 0 Å². The van der Waals surface area contributed by atoms with Gasteiger partial charge < -0.3 is 9.64 Å². The molecule has 0 unspecified atom stereocenters. The van der Waals surface area contributed by atoms with Crippen LogP contribution in [0.4, 0.5) is 0 Å². The Morgan fingerprint density at radius 1 is 1.10 bits per heavy atom. The van der Waals surface area contributed by atoms with Crippen molar-refractivity contribution in [2.45, 2.75) is 25.3 Å². The highest BCUT2D eigenvalue weighted by Crippen LogP contribution is 2.50. The second-order valence-corrected chi connectivity index (χ2v) is 8.87. The molecule has 4 nitrogen and oxygen atoms in total. The van der Waals surface area contributed by atoms with Crippen molar-refractivity contribution in [3.63, 3.8) is 0 Å². The Hall–Kier alpha value is -1.88. The van der Waals surface area contributed by atoms with Crippen LogP contribution < -0.4 is 0 Å². The van der Waals surface area contributed by atoms with Crippen molar-refractivity contribution in [1.82, 2.24) is 9.80 Å². The average Bonchev–Trinajstić information content (AvgIpc) is 3.08. The maximum absolute atomic E-state index is 12.3. The van der Waals surface area contributed by atoms with Gasteiger partial charge in [0.05, 0.1) is 0 Å². The lowest BCUT2D eigenvalue weighted by Crippen LogP contribution is -2.47. The molecule has 2 aromatic carbocycles. The molecule has 0 N–H and O–H groups in total. The molecule has 29 heavy (non-hydrogen) atoms. The van der Waals surface area contributed by atoms with Gasteiger partial charge in [-0.25, -0.2) is 0 Å². The first kappa shape index (κ1) is 20.4. The Morgan fingerprint density at radius 2 is 1.79 bits per heavy atom. The van der Waals surface area contributed by atoms with E-state index in [9.17, 15) is 4.79 Å². The molecule has 1 atom stereocenters. The van der Waals surface area contributed by atoms with Crippen LogP contribution in [0.3, 0.4) is 0 Å². The molecule has 4 rings (SSSR count). The van der Waals surface area contributed by atoms with Crippen molar-refractivity contribution >= 4 is 17.5 Å². The third kappa shape index (κ3) is 4.50. The Morgan fingerprint density at radius 3 is 2.45 bits per heavy atom. The zero-order valence-corrected chi connectivity index (χ0v) is 17.8. The largest absolute Gasteiger partial charge is 0.375 e. The third-order valence-electron chi connectivity index (χ3n) is 6.62. The number of methoxy groups -OCH3 is 1. The van der Waals surface area contributed by atoms with Crippen LogP contribution in [0.25, 0.3) is 0 Å². The standard InChI is InChI=1S/C24H29ClN2O2/c1-29-17-23(28)27-13-11-24(12-14-27)18-26(15-19-7-9-21(25)10-8-19)16-22(24)20-5-3-2-4-6-20/h2-10,22H,11-18H2,1H3/t22-/m0/s1. The van der Waals surface area contributed by atoms with Crippen molar-refractivity contribution in [3.05, 3.63) is 70.7 Å². The minimum Gasteiger partial charge on any atom is -0.375 e. The molecule has 2 saturated heterocycles. The summed E-state index contributed by atoms with van der Waals surface area (Å²) in [5.41, 5.74) is 2.94. The van der Waals surface area contributed by atoms with Crippen molar-refractivity contribution in [3.8, 4) is 0 Å². The van der Waals surface area contributed by atoms with Crippen LogP contribution >= 0.6 is 11.6 Å². The lowest BCUT2D eigenvalue weighted by molar-refractivity contribution is -0.137. The Bertz CT molecular complexity index is 817. The number of hydrogen-bond acceptors (Lipinski definition) is 3. The molecule has 0 bridgehead atoms. The van der Waals surface area contributed by atoms with Gasteiger partial charge >= 0.3 is 0 Å². The third-order valence-corrected chi connectivity index (χ3v) is 6.87. The summed E-state index contributed by atoms with van der Waals surface area (Å²) < 4.78 is 5.05. The minimum absolute atomic E-state index is 0.106. The van der Waals surface area contributed by atoms with Gasteiger partial charge in [0.2, 0.25) is 5.91 Å². The number of amides is 1. The predicted molar refractivity (Wildman–Crippen MR) is 116 cm³/mol. The highest BCUT2D eigenvalue weighted by Gasteiger charge is 2.48. The number of nitrogens with zero attached hydrogens (tertiary/aromatic N) is 2. The van der Waals surface area contributed by atoms with Crippen LogP contribution in [0.5, 0.6) is 0 Å². The summed E-state index contributed by atoms with van der Waals surface area (Å²) in [7, 11) is 1.58. The fraction of sp³-hybridized carbons (Fsp3) is 0.458. The summed E-state index contributed by atoms with van der Waals surface area (Å²) in [5.74, 6) is 0.602. The van der Waals surface area contributed by atoms with E-state index in [2.05, 4.69) is 47.4 Å². The zero-order chi connectivity index (χ0) is 20.3. The summed E-state index contributed by atoms with van der Waals surface area (Å²) in [4.78, 5) is 16.8. The lowest BCUT2D eigenvalue weighted by atomic mass is 9.68. The van der Waals surface area contributed by atoms with E-state index < -0.39 is 0 Å². The molecule has 0 saturated carbocycles. The van der Waals surface area contributed by atoms with Crippen LogP contribution in [-0.4, -0.2) is 55.6 Å². The number of piperidine rings is 1. The van der Waals surface area contributed by atoms with E-state index in [0.717, 1.165) is 50.6 Å². The fourth-order valence-corrected chi connectivity index (χ4v) is 5.23. The Balaban J connectivity index is 1.52. The summed E-state index contributed by atoms with van der Waals surface area (Å²) in [6.45, 7) is 4.88. The van der Waals surface area contributed by atoms with Gasteiger partial charge in [-0.1, -0.05) is 54.1 Å². The number of ether oxygens (including phenoxy) is 1. The molecule has 2 aliphatic rings. The topological polar surface area (TPSA) is 32.8 Å². The maximum Gasteiger partial charge on any atom is 0.248 e. The van der Waals surface area contributed by atoms with Gasteiger partial charge in [-0.05, 0) is 41.5 Å². The van der Waals surface area contributed by atoms with E-state index in [0.29, 0.717) is 5.92 Å². The first-order valence-electron chi connectivity index (χ1n) is 10.4. The SMILES string of the molecule is COCC(=O)N1CCC2(CC1)CN(Cc1ccc(Cl)cc1)C[C@H]2c1ccccc1. The van der Waals surface area contributed by atoms with E-state index in [-0.39, 0.29) is 17.9 Å². The smallest absolute Gasteiger partial charge is 0.248 e. The molecule has 2 heterocycles. The van der Waals surface area contributed by atoms with E-state index in [4.69, 9.17) is 16.3 Å². The quantitative estimate of drug-likeness (QED) is 0.738. The van der Waals surface area contributed by atoms with Crippen molar-refractivity contribution in [2.75, 3.05) is 39.9 Å². The number of hydrogen-bond donors (Lipinski definition) is 0. The van der Waals surface area contributed by atoms with Crippen LogP contribution in [0.2, 0.25) is 5.02 Å². The molecule has 154 valence electrons. The van der Waals surface area contributed by atoms with Gasteiger partial charge in [0.15, 0.2) is 0 Å².